The van der Waals surface area contributed by atoms with Crippen molar-refractivity contribution in [3.63, 3.8) is 0 Å². The summed E-state index contributed by atoms with van der Waals surface area (Å²) in [5, 5.41) is 2.64. The van der Waals surface area contributed by atoms with Crippen molar-refractivity contribution in [2.24, 2.45) is 0 Å². The molecular weight excluding hydrogens is 305 g/mol. The minimum Gasteiger partial charge on any atom is -0.322 e. The Morgan fingerprint density at radius 3 is 2.59 bits per heavy atom. The molecule has 0 saturated carbocycles. The minimum atomic E-state index is -0.524. The first-order valence-electron chi connectivity index (χ1n) is 6.48. The van der Waals surface area contributed by atoms with Gasteiger partial charge in [-0.05, 0) is 42.5 Å². The van der Waals surface area contributed by atoms with Gasteiger partial charge in [0.05, 0.1) is 11.3 Å². The van der Waals surface area contributed by atoms with Gasteiger partial charge in [0.25, 0.3) is 5.91 Å². The third-order valence-electron chi connectivity index (χ3n) is 3.11. The summed E-state index contributed by atoms with van der Waals surface area (Å²) in [6.07, 6.45) is 5.17. The van der Waals surface area contributed by atoms with Crippen molar-refractivity contribution in [2.75, 3.05) is 5.32 Å². The zero-order chi connectivity index (χ0) is 15.5. The van der Waals surface area contributed by atoms with Crippen molar-refractivity contribution < 1.29 is 9.18 Å². The molecule has 0 saturated heterocycles. The van der Waals surface area contributed by atoms with E-state index in [0.717, 1.165) is 5.69 Å². The lowest BCUT2D eigenvalue weighted by molar-refractivity contribution is 0.102. The summed E-state index contributed by atoms with van der Waals surface area (Å²) in [5.41, 5.74) is 1.83. The highest BCUT2D eigenvalue weighted by Gasteiger charge is 2.08. The van der Waals surface area contributed by atoms with Gasteiger partial charge in [-0.1, -0.05) is 11.6 Å². The first-order chi connectivity index (χ1) is 10.6. The Balaban J connectivity index is 1.76. The van der Waals surface area contributed by atoms with E-state index in [4.69, 9.17) is 11.6 Å². The molecular formula is C16H11ClFN3O. The van der Waals surface area contributed by atoms with Crippen LogP contribution in [0.3, 0.4) is 0 Å². The molecule has 0 radical (unpaired) electrons. The van der Waals surface area contributed by atoms with E-state index >= 15 is 0 Å². The molecule has 0 aliphatic heterocycles. The van der Waals surface area contributed by atoms with Gasteiger partial charge in [-0.25, -0.2) is 9.37 Å². The molecule has 3 aromatic rings. The van der Waals surface area contributed by atoms with Crippen LogP contribution < -0.4 is 5.32 Å². The lowest BCUT2D eigenvalue weighted by Crippen LogP contribution is -2.12. The Labute approximate surface area is 131 Å². The third kappa shape index (κ3) is 2.99. The van der Waals surface area contributed by atoms with E-state index in [1.54, 1.807) is 24.7 Å². The van der Waals surface area contributed by atoms with Crippen molar-refractivity contribution in [1.29, 1.82) is 0 Å². The van der Waals surface area contributed by atoms with Crippen LogP contribution in [0.1, 0.15) is 10.4 Å². The average molecular weight is 316 g/mol. The van der Waals surface area contributed by atoms with Gasteiger partial charge >= 0.3 is 0 Å². The van der Waals surface area contributed by atoms with Gasteiger partial charge in [0.2, 0.25) is 0 Å². The quantitative estimate of drug-likeness (QED) is 0.796. The molecule has 6 heteroatoms. The molecule has 0 unspecified atom stereocenters. The molecule has 110 valence electrons. The molecule has 1 heterocycles. The number of imidazole rings is 1. The van der Waals surface area contributed by atoms with Gasteiger partial charge in [-0.3, -0.25) is 4.79 Å². The fourth-order valence-electron chi connectivity index (χ4n) is 1.97. The molecule has 1 amide bonds. The lowest BCUT2D eigenvalue weighted by Gasteiger charge is -2.07. The number of benzene rings is 2. The molecule has 0 atom stereocenters. The summed E-state index contributed by atoms with van der Waals surface area (Å²) >= 11 is 5.69. The van der Waals surface area contributed by atoms with E-state index in [-0.39, 0.29) is 10.9 Å². The van der Waals surface area contributed by atoms with Gasteiger partial charge in [-0.2, -0.15) is 0 Å². The number of hydrogen-bond acceptors (Lipinski definition) is 2. The smallest absolute Gasteiger partial charge is 0.255 e. The monoisotopic (exact) mass is 315 g/mol. The van der Waals surface area contributed by atoms with Crippen LogP contribution in [0, 0.1) is 5.82 Å². The Hall–Kier alpha value is -2.66. The molecule has 0 aliphatic carbocycles. The zero-order valence-corrected chi connectivity index (χ0v) is 12.1. The van der Waals surface area contributed by atoms with Crippen molar-refractivity contribution >= 4 is 23.2 Å². The van der Waals surface area contributed by atoms with Crippen LogP contribution in [0.4, 0.5) is 10.1 Å². The number of carbonyl (C=O) groups is 1. The number of rotatable bonds is 3. The number of hydrogen-bond donors (Lipinski definition) is 1. The SMILES string of the molecule is O=C(Nc1ccc(F)c(Cl)c1)c1ccc(-n2ccnc2)cc1. The van der Waals surface area contributed by atoms with Crippen LogP contribution in [0.25, 0.3) is 5.69 Å². The highest BCUT2D eigenvalue weighted by Crippen LogP contribution is 2.20. The highest BCUT2D eigenvalue weighted by molar-refractivity contribution is 6.31. The van der Waals surface area contributed by atoms with Crippen LogP contribution in [-0.2, 0) is 0 Å². The molecule has 0 bridgehead atoms. The molecule has 3 rings (SSSR count). The topological polar surface area (TPSA) is 46.9 Å². The van der Waals surface area contributed by atoms with Gasteiger partial charge in [0.15, 0.2) is 0 Å². The molecule has 0 fully saturated rings. The number of carbonyl (C=O) groups excluding carboxylic acids is 1. The fourth-order valence-corrected chi connectivity index (χ4v) is 2.15. The van der Waals surface area contributed by atoms with Crippen LogP contribution in [0.2, 0.25) is 5.02 Å². The predicted molar refractivity (Wildman–Crippen MR) is 82.9 cm³/mol. The van der Waals surface area contributed by atoms with E-state index in [2.05, 4.69) is 10.3 Å². The maximum atomic E-state index is 13.1. The summed E-state index contributed by atoms with van der Waals surface area (Å²) in [7, 11) is 0. The van der Waals surface area contributed by atoms with Crippen molar-refractivity contribution in [2.45, 2.75) is 0 Å². The number of aromatic nitrogens is 2. The van der Waals surface area contributed by atoms with E-state index in [0.29, 0.717) is 11.3 Å². The molecule has 1 aromatic heterocycles. The first-order valence-corrected chi connectivity index (χ1v) is 6.86. The standard InChI is InChI=1S/C16H11ClFN3O/c17-14-9-12(3-6-15(14)18)20-16(22)11-1-4-13(5-2-11)21-8-7-19-10-21/h1-10H,(H,20,22). The van der Waals surface area contributed by atoms with Crippen molar-refractivity contribution in [3.05, 3.63) is 77.6 Å². The third-order valence-corrected chi connectivity index (χ3v) is 3.40. The Bertz CT molecular complexity index is 801. The zero-order valence-electron chi connectivity index (χ0n) is 11.3. The first kappa shape index (κ1) is 14.3. The second-order valence-corrected chi connectivity index (χ2v) is 5.01. The second-order valence-electron chi connectivity index (χ2n) is 4.60. The molecule has 1 N–H and O–H groups in total. The molecule has 22 heavy (non-hydrogen) atoms. The van der Waals surface area contributed by atoms with E-state index < -0.39 is 5.82 Å². The molecule has 0 spiro atoms. The predicted octanol–water partition coefficient (Wildman–Crippen LogP) is 3.92. The second kappa shape index (κ2) is 5.99. The summed E-state index contributed by atoms with van der Waals surface area (Å²) in [5.74, 6) is -0.816. The van der Waals surface area contributed by atoms with Crippen LogP contribution in [-0.4, -0.2) is 15.5 Å². The molecule has 0 aliphatic rings. The Morgan fingerprint density at radius 2 is 1.95 bits per heavy atom. The van der Waals surface area contributed by atoms with Crippen LogP contribution in [0.15, 0.2) is 61.2 Å². The number of anilines is 1. The van der Waals surface area contributed by atoms with Gasteiger partial charge < -0.3 is 9.88 Å². The Morgan fingerprint density at radius 1 is 1.18 bits per heavy atom. The number of halogens is 2. The minimum absolute atomic E-state index is 0.0340. The highest BCUT2D eigenvalue weighted by atomic mass is 35.5. The molecule has 4 nitrogen and oxygen atoms in total. The van der Waals surface area contributed by atoms with Gasteiger partial charge in [0, 0.05) is 29.3 Å². The number of nitrogens with zero attached hydrogens (tertiary/aromatic N) is 2. The van der Waals surface area contributed by atoms with Gasteiger partial charge in [-0.15, -0.1) is 0 Å². The normalized spacial score (nSPS) is 10.5. The van der Waals surface area contributed by atoms with Gasteiger partial charge in [0.1, 0.15) is 5.82 Å². The largest absolute Gasteiger partial charge is 0.322 e. The summed E-state index contributed by atoms with van der Waals surface area (Å²) < 4.78 is 14.9. The fraction of sp³-hybridized carbons (Fsp3) is 0. The number of amides is 1. The maximum Gasteiger partial charge on any atom is 0.255 e. The lowest BCUT2D eigenvalue weighted by atomic mass is 10.2. The maximum absolute atomic E-state index is 13.1. The van der Waals surface area contributed by atoms with Crippen LogP contribution >= 0.6 is 11.6 Å². The Kier molecular flexibility index (Phi) is 3.89. The molecule has 2 aromatic carbocycles. The summed E-state index contributed by atoms with van der Waals surface area (Å²) in [6.45, 7) is 0. The summed E-state index contributed by atoms with van der Waals surface area (Å²) in [6, 6.07) is 11.1. The summed E-state index contributed by atoms with van der Waals surface area (Å²) in [4.78, 5) is 16.1. The van der Waals surface area contributed by atoms with E-state index in [1.165, 1.54) is 18.2 Å². The van der Waals surface area contributed by atoms with E-state index in [9.17, 15) is 9.18 Å². The number of nitrogens with one attached hydrogen (secondary N) is 1. The van der Waals surface area contributed by atoms with Crippen LogP contribution in [0.5, 0.6) is 0 Å². The van der Waals surface area contributed by atoms with E-state index in [1.807, 2.05) is 22.9 Å². The average Bonchev–Trinajstić information content (AvgIpc) is 3.05. The van der Waals surface area contributed by atoms with Crippen molar-refractivity contribution in [3.8, 4) is 5.69 Å². The van der Waals surface area contributed by atoms with Crippen molar-refractivity contribution in [1.82, 2.24) is 9.55 Å².